The minimum Gasteiger partial charge on any atom is -0.465 e. The Bertz CT molecular complexity index is 415. The number of carbonyl (C=O) groups is 1. The van der Waals surface area contributed by atoms with Crippen LogP contribution in [0.2, 0.25) is 0 Å². The van der Waals surface area contributed by atoms with Gasteiger partial charge in [-0.1, -0.05) is 30.3 Å². The molecule has 0 aliphatic carbocycles. The summed E-state index contributed by atoms with van der Waals surface area (Å²) in [6.45, 7) is 6.32. The summed E-state index contributed by atoms with van der Waals surface area (Å²) in [6.07, 6.45) is -1.45. The third-order valence-corrected chi connectivity index (χ3v) is 2.91. The molecule has 2 atom stereocenters. The van der Waals surface area contributed by atoms with E-state index in [2.05, 4.69) is 10.6 Å². The Morgan fingerprint density at radius 1 is 1.25 bits per heavy atom. The van der Waals surface area contributed by atoms with Gasteiger partial charge in [-0.3, -0.25) is 0 Å². The molecule has 1 aromatic carbocycles. The van der Waals surface area contributed by atoms with Gasteiger partial charge in [0.25, 0.3) is 0 Å². The van der Waals surface area contributed by atoms with Gasteiger partial charge in [0.1, 0.15) is 0 Å². The van der Waals surface area contributed by atoms with Crippen molar-refractivity contribution < 1.29 is 15.0 Å². The van der Waals surface area contributed by atoms with Crippen molar-refractivity contribution in [1.82, 2.24) is 10.6 Å². The van der Waals surface area contributed by atoms with Crippen molar-refractivity contribution in [3.05, 3.63) is 35.9 Å². The molecular formula is C15H24N2O3. The fraction of sp³-hybridized carbons (Fsp3) is 0.533. The van der Waals surface area contributed by atoms with Gasteiger partial charge in [0.2, 0.25) is 0 Å². The van der Waals surface area contributed by atoms with E-state index in [0.29, 0.717) is 13.0 Å². The van der Waals surface area contributed by atoms with Crippen molar-refractivity contribution in [3.63, 3.8) is 0 Å². The molecule has 0 fully saturated rings. The van der Waals surface area contributed by atoms with Gasteiger partial charge in [0.05, 0.1) is 12.1 Å². The molecule has 0 saturated heterocycles. The van der Waals surface area contributed by atoms with Crippen LogP contribution in [-0.4, -0.2) is 40.5 Å². The highest BCUT2D eigenvalue weighted by Crippen LogP contribution is 2.07. The smallest absolute Gasteiger partial charge is 0.404 e. The molecule has 0 aliphatic rings. The van der Waals surface area contributed by atoms with Crippen LogP contribution in [0.25, 0.3) is 0 Å². The van der Waals surface area contributed by atoms with E-state index in [1.807, 2.05) is 51.1 Å². The molecule has 0 aliphatic heterocycles. The summed E-state index contributed by atoms with van der Waals surface area (Å²) in [5.74, 6) is 0. The van der Waals surface area contributed by atoms with E-state index in [-0.39, 0.29) is 5.54 Å². The number of aliphatic hydroxyl groups excluding tert-OH is 1. The average Bonchev–Trinajstić information content (AvgIpc) is 2.35. The molecule has 1 aromatic rings. The van der Waals surface area contributed by atoms with Gasteiger partial charge < -0.3 is 20.8 Å². The predicted molar refractivity (Wildman–Crippen MR) is 78.9 cm³/mol. The Morgan fingerprint density at radius 3 is 2.35 bits per heavy atom. The largest absolute Gasteiger partial charge is 0.465 e. The number of nitrogens with one attached hydrogen (secondary N) is 2. The van der Waals surface area contributed by atoms with Crippen molar-refractivity contribution >= 4 is 6.09 Å². The second-order valence-corrected chi connectivity index (χ2v) is 5.94. The molecule has 0 saturated carbocycles. The van der Waals surface area contributed by atoms with Crippen LogP contribution in [0, 0.1) is 0 Å². The fourth-order valence-electron chi connectivity index (χ4n) is 1.86. The third-order valence-electron chi connectivity index (χ3n) is 2.91. The van der Waals surface area contributed by atoms with Crippen LogP contribution in [0.3, 0.4) is 0 Å². The summed E-state index contributed by atoms with van der Waals surface area (Å²) in [5.41, 5.74) is 0.864. The maximum Gasteiger partial charge on any atom is 0.404 e. The number of β-amino-alcohol motifs (C(OH)–C–C–N with tert-alkyl or cyclic N) is 1. The van der Waals surface area contributed by atoms with Crippen molar-refractivity contribution in [2.75, 3.05) is 6.54 Å². The quantitative estimate of drug-likeness (QED) is 0.638. The Balaban J connectivity index is 2.65. The number of amides is 1. The van der Waals surface area contributed by atoms with E-state index in [9.17, 15) is 9.90 Å². The summed E-state index contributed by atoms with van der Waals surface area (Å²) >= 11 is 0. The Hall–Kier alpha value is -1.59. The molecule has 1 amide bonds. The highest BCUT2D eigenvalue weighted by atomic mass is 16.4. The molecule has 20 heavy (non-hydrogen) atoms. The van der Waals surface area contributed by atoms with Crippen LogP contribution < -0.4 is 10.6 Å². The molecular weight excluding hydrogens is 256 g/mol. The molecule has 0 unspecified atom stereocenters. The summed E-state index contributed by atoms with van der Waals surface area (Å²) < 4.78 is 0. The molecule has 0 radical (unpaired) electrons. The van der Waals surface area contributed by atoms with Gasteiger partial charge in [-0.05, 0) is 32.8 Å². The molecule has 5 heteroatoms. The first-order valence-electron chi connectivity index (χ1n) is 6.74. The molecule has 4 N–H and O–H groups in total. The minimum atomic E-state index is -1.12. The fourth-order valence-corrected chi connectivity index (χ4v) is 1.86. The monoisotopic (exact) mass is 280 g/mol. The number of hydrogen-bond donors (Lipinski definition) is 4. The second-order valence-electron chi connectivity index (χ2n) is 5.94. The average molecular weight is 280 g/mol. The van der Waals surface area contributed by atoms with Crippen molar-refractivity contribution in [2.24, 2.45) is 0 Å². The van der Waals surface area contributed by atoms with E-state index in [4.69, 9.17) is 5.11 Å². The maximum absolute atomic E-state index is 10.9. The Labute approximate surface area is 120 Å². The van der Waals surface area contributed by atoms with Crippen LogP contribution in [0.5, 0.6) is 0 Å². The van der Waals surface area contributed by atoms with Crippen LogP contribution in [0.4, 0.5) is 4.79 Å². The van der Waals surface area contributed by atoms with Crippen LogP contribution in [0.1, 0.15) is 26.3 Å². The van der Waals surface area contributed by atoms with Gasteiger partial charge in [-0.25, -0.2) is 4.79 Å². The summed E-state index contributed by atoms with van der Waals surface area (Å²) in [6, 6.07) is 8.99. The first-order chi connectivity index (χ1) is 9.28. The number of hydrogen-bond acceptors (Lipinski definition) is 3. The summed E-state index contributed by atoms with van der Waals surface area (Å²) in [4.78, 5) is 10.9. The van der Waals surface area contributed by atoms with Gasteiger partial charge >= 0.3 is 6.09 Å². The summed E-state index contributed by atoms with van der Waals surface area (Å²) in [7, 11) is 0. The van der Waals surface area contributed by atoms with E-state index in [1.165, 1.54) is 0 Å². The van der Waals surface area contributed by atoms with Crippen molar-refractivity contribution in [2.45, 2.75) is 44.9 Å². The Morgan fingerprint density at radius 2 is 1.85 bits per heavy atom. The van der Waals surface area contributed by atoms with Crippen molar-refractivity contribution in [1.29, 1.82) is 0 Å². The van der Waals surface area contributed by atoms with Crippen LogP contribution >= 0.6 is 0 Å². The first-order valence-corrected chi connectivity index (χ1v) is 6.74. The summed E-state index contributed by atoms with van der Waals surface area (Å²) in [5, 5.41) is 24.7. The molecule has 0 bridgehead atoms. The van der Waals surface area contributed by atoms with Gasteiger partial charge in [0, 0.05) is 12.1 Å². The molecule has 0 aromatic heterocycles. The number of rotatable bonds is 6. The van der Waals surface area contributed by atoms with E-state index in [0.717, 1.165) is 5.56 Å². The molecule has 112 valence electrons. The lowest BCUT2D eigenvalue weighted by molar-refractivity contribution is 0.111. The SMILES string of the molecule is CC(C)(C)NC[C@H](O)[C@H](Cc1ccccc1)NC(=O)O. The standard InChI is InChI=1S/C15H24N2O3/c1-15(2,3)16-10-13(18)12(17-14(19)20)9-11-7-5-4-6-8-11/h4-8,12-13,16-18H,9-10H2,1-3H3,(H,19,20)/t12-,13-/m0/s1. The second kappa shape index (κ2) is 7.26. The zero-order chi connectivity index (χ0) is 15.2. The van der Waals surface area contributed by atoms with Crippen LogP contribution in [0.15, 0.2) is 30.3 Å². The Kier molecular flexibility index (Phi) is 5.98. The zero-order valence-electron chi connectivity index (χ0n) is 12.3. The maximum atomic E-state index is 10.9. The first kappa shape index (κ1) is 16.5. The normalized spacial score (nSPS) is 14.6. The number of aliphatic hydroxyl groups is 1. The molecule has 0 spiro atoms. The molecule has 0 heterocycles. The van der Waals surface area contributed by atoms with E-state index >= 15 is 0 Å². The molecule has 5 nitrogen and oxygen atoms in total. The van der Waals surface area contributed by atoms with Gasteiger partial charge in [-0.15, -0.1) is 0 Å². The topological polar surface area (TPSA) is 81.6 Å². The van der Waals surface area contributed by atoms with Gasteiger partial charge in [-0.2, -0.15) is 0 Å². The zero-order valence-corrected chi connectivity index (χ0v) is 12.3. The lowest BCUT2D eigenvalue weighted by atomic mass is 10.00. The highest BCUT2D eigenvalue weighted by Gasteiger charge is 2.23. The van der Waals surface area contributed by atoms with E-state index < -0.39 is 18.2 Å². The van der Waals surface area contributed by atoms with Crippen LogP contribution in [-0.2, 0) is 6.42 Å². The predicted octanol–water partition coefficient (Wildman–Crippen LogP) is 1.61. The molecule has 1 rings (SSSR count). The number of benzene rings is 1. The van der Waals surface area contributed by atoms with E-state index in [1.54, 1.807) is 0 Å². The third kappa shape index (κ3) is 6.54. The lowest BCUT2D eigenvalue weighted by Gasteiger charge is -2.27. The lowest BCUT2D eigenvalue weighted by Crippen LogP contribution is -2.51. The van der Waals surface area contributed by atoms with Crippen molar-refractivity contribution in [3.8, 4) is 0 Å². The van der Waals surface area contributed by atoms with Gasteiger partial charge in [0.15, 0.2) is 0 Å². The highest BCUT2D eigenvalue weighted by molar-refractivity contribution is 5.65. The number of carboxylic acid groups (broad SMARTS) is 1. The minimum absolute atomic E-state index is 0.124.